The van der Waals surface area contributed by atoms with Crippen LogP contribution in [0.2, 0.25) is 0 Å². The van der Waals surface area contributed by atoms with E-state index >= 15 is 4.39 Å². The number of Topliss-reactive ketones (excluding diaryl/α,β-unsaturated/α-hetero) is 2. The van der Waals surface area contributed by atoms with Crippen LogP contribution in [-0.2, 0) is 25.6 Å². The maximum absolute atomic E-state index is 15.0. The molecule has 1 aliphatic heterocycles. The first-order valence-electron chi connectivity index (χ1n) is 15.4. The molecule has 11 heteroatoms. The number of aliphatic hydroxyl groups excluding tert-OH is 1. The number of aromatic nitrogens is 2. The van der Waals surface area contributed by atoms with Gasteiger partial charge >= 0.3 is 6.09 Å². The van der Waals surface area contributed by atoms with E-state index in [4.69, 9.17) is 9.47 Å². The number of fused-ring (bicyclic) bond motifs is 1. The van der Waals surface area contributed by atoms with Crippen LogP contribution in [-0.4, -0.2) is 101 Å². The standard InChI is InChI=1S/C33H45FN4O6/c1-21-6-8-25(39)19-28(40)32(41)30(22(2)7-9-29(21)44-33(42)37-12-10-36(4)11-13-37)23(3)16-24-17-26(34)31-27(18-24)38(20-35-31)14-15-43-5/h7,9,16-18,20-22,25,29-30,39H,6,8,10-15,19H2,1-5H3/b9-7+,23-16+/t21-,22+,25+,29+,30+/m1/s1. The molecular formula is C33H45FN4O6. The van der Waals surface area contributed by atoms with Crippen LogP contribution in [0.15, 0.2) is 36.2 Å². The number of allylic oxidation sites excluding steroid dienone is 2. The molecule has 4 rings (SSSR count). The zero-order valence-corrected chi connectivity index (χ0v) is 26.4. The quantitative estimate of drug-likeness (QED) is 0.383. The number of hydrogen-bond donors (Lipinski definition) is 1. The lowest BCUT2D eigenvalue weighted by Gasteiger charge is -2.33. The Labute approximate surface area is 258 Å². The molecule has 1 aromatic carbocycles. The molecule has 0 radical (unpaired) electrons. The van der Waals surface area contributed by atoms with Crippen LogP contribution >= 0.6 is 0 Å². The minimum Gasteiger partial charge on any atom is -0.442 e. The topological polar surface area (TPSA) is 114 Å². The van der Waals surface area contributed by atoms with Crippen molar-refractivity contribution in [2.75, 3.05) is 46.9 Å². The molecule has 2 aliphatic rings. The number of nitrogens with zero attached hydrogens (tertiary/aromatic N) is 4. The smallest absolute Gasteiger partial charge is 0.410 e. The van der Waals surface area contributed by atoms with E-state index in [9.17, 15) is 19.5 Å². The Kier molecular flexibility index (Phi) is 11.5. The summed E-state index contributed by atoms with van der Waals surface area (Å²) in [5.74, 6) is -3.16. The molecule has 0 spiro atoms. The number of carbonyl (C=O) groups excluding carboxylic acids is 3. The van der Waals surface area contributed by atoms with E-state index in [1.807, 2.05) is 27.0 Å². The Morgan fingerprint density at radius 3 is 2.57 bits per heavy atom. The molecule has 10 nitrogen and oxygen atoms in total. The molecule has 1 N–H and O–H groups in total. The van der Waals surface area contributed by atoms with Crippen molar-refractivity contribution in [1.29, 1.82) is 0 Å². The number of benzene rings is 1. The second-order valence-electron chi connectivity index (χ2n) is 12.2. The summed E-state index contributed by atoms with van der Waals surface area (Å²) in [6.07, 6.45) is 5.48. The first kappa shape index (κ1) is 33.5. The fourth-order valence-corrected chi connectivity index (χ4v) is 5.94. The molecule has 0 unspecified atom stereocenters. The number of methoxy groups -OCH3 is 1. The van der Waals surface area contributed by atoms with E-state index < -0.39 is 41.4 Å². The second-order valence-corrected chi connectivity index (χ2v) is 12.2. The SMILES string of the molecule is COCCn1cnc2c(F)cc(/C=C(\C)[C@H]3C(=O)C(=O)C[C@@H](O)CC[C@@H](C)[C@@H](OC(=O)N4CCN(C)CC4)/C=C/[C@@H]3C)cc21. The van der Waals surface area contributed by atoms with E-state index in [0.717, 1.165) is 13.1 Å². The first-order valence-corrected chi connectivity index (χ1v) is 15.4. The van der Waals surface area contributed by atoms with Crippen molar-refractivity contribution in [3.05, 3.63) is 47.6 Å². The summed E-state index contributed by atoms with van der Waals surface area (Å²) in [5, 5.41) is 10.6. The molecule has 1 aliphatic carbocycles. The van der Waals surface area contributed by atoms with Gasteiger partial charge in [0.25, 0.3) is 0 Å². The molecule has 0 saturated carbocycles. The van der Waals surface area contributed by atoms with Gasteiger partial charge in [0.1, 0.15) is 11.6 Å². The molecule has 0 bridgehead atoms. The Bertz CT molecular complexity index is 1400. The minimum absolute atomic E-state index is 0.123. The average Bonchev–Trinajstić information content (AvgIpc) is 3.39. The van der Waals surface area contributed by atoms with E-state index in [1.54, 1.807) is 48.0 Å². The maximum atomic E-state index is 15.0. The molecule has 2 aromatic rings. The summed E-state index contributed by atoms with van der Waals surface area (Å²) in [6, 6.07) is 3.16. The third-order valence-corrected chi connectivity index (χ3v) is 8.75. The third-order valence-electron chi connectivity index (χ3n) is 8.75. The number of likely N-dealkylation sites (N-methyl/N-ethyl adjacent to an activating group) is 1. The highest BCUT2D eigenvalue weighted by Crippen LogP contribution is 2.30. The van der Waals surface area contributed by atoms with Gasteiger partial charge in [0.2, 0.25) is 11.6 Å². The number of rotatable bonds is 6. The van der Waals surface area contributed by atoms with Gasteiger partial charge in [-0.25, -0.2) is 14.2 Å². The summed E-state index contributed by atoms with van der Waals surface area (Å²) in [6.45, 7) is 9.17. The number of amides is 1. The summed E-state index contributed by atoms with van der Waals surface area (Å²) in [5.41, 5.74) is 1.94. The molecule has 240 valence electrons. The van der Waals surface area contributed by atoms with E-state index in [2.05, 4.69) is 9.88 Å². The van der Waals surface area contributed by atoms with Gasteiger partial charge in [-0.3, -0.25) is 9.59 Å². The first-order chi connectivity index (χ1) is 21.0. The number of ketones is 2. The van der Waals surface area contributed by atoms with Crippen molar-refractivity contribution in [3.63, 3.8) is 0 Å². The van der Waals surface area contributed by atoms with Crippen molar-refractivity contribution in [2.45, 2.75) is 58.8 Å². The van der Waals surface area contributed by atoms with Crippen molar-refractivity contribution in [2.24, 2.45) is 17.8 Å². The number of aliphatic hydroxyl groups is 1. The maximum Gasteiger partial charge on any atom is 0.410 e. The number of piperazine rings is 1. The molecule has 1 aromatic heterocycles. The largest absolute Gasteiger partial charge is 0.442 e. The minimum atomic E-state index is -0.990. The zero-order chi connectivity index (χ0) is 32.0. The normalized spacial score (nSPS) is 27.2. The number of halogens is 1. The predicted molar refractivity (Wildman–Crippen MR) is 165 cm³/mol. The highest BCUT2D eigenvalue weighted by atomic mass is 19.1. The fraction of sp³-hybridized carbons (Fsp3) is 0.576. The lowest BCUT2D eigenvalue weighted by atomic mass is 9.80. The Hall–Kier alpha value is -3.41. The number of imidazole rings is 1. The van der Waals surface area contributed by atoms with Crippen LogP contribution in [0.3, 0.4) is 0 Å². The van der Waals surface area contributed by atoms with Crippen LogP contribution in [0.4, 0.5) is 9.18 Å². The molecule has 1 amide bonds. The lowest BCUT2D eigenvalue weighted by molar-refractivity contribution is -0.140. The monoisotopic (exact) mass is 612 g/mol. The van der Waals surface area contributed by atoms with Crippen LogP contribution < -0.4 is 0 Å². The number of ether oxygens (including phenoxy) is 2. The summed E-state index contributed by atoms with van der Waals surface area (Å²) >= 11 is 0. The van der Waals surface area contributed by atoms with Crippen LogP contribution in [0.5, 0.6) is 0 Å². The molecule has 1 saturated heterocycles. The Morgan fingerprint density at radius 1 is 1.14 bits per heavy atom. The Balaban J connectivity index is 1.64. The highest BCUT2D eigenvalue weighted by Gasteiger charge is 2.33. The van der Waals surface area contributed by atoms with Crippen LogP contribution in [0.25, 0.3) is 17.1 Å². The van der Waals surface area contributed by atoms with Crippen molar-refractivity contribution < 1.29 is 33.4 Å². The van der Waals surface area contributed by atoms with Gasteiger partial charge in [-0.1, -0.05) is 31.6 Å². The van der Waals surface area contributed by atoms with Gasteiger partial charge in [0.05, 0.1) is 30.5 Å². The predicted octanol–water partition coefficient (Wildman–Crippen LogP) is 4.11. The van der Waals surface area contributed by atoms with Gasteiger partial charge in [-0.2, -0.15) is 0 Å². The zero-order valence-electron chi connectivity index (χ0n) is 26.4. The van der Waals surface area contributed by atoms with Gasteiger partial charge in [-0.15, -0.1) is 0 Å². The van der Waals surface area contributed by atoms with Crippen molar-refractivity contribution in [1.82, 2.24) is 19.4 Å². The second kappa shape index (κ2) is 15.0. The molecule has 2 heterocycles. The van der Waals surface area contributed by atoms with E-state index in [0.29, 0.717) is 55.7 Å². The molecule has 1 fully saturated rings. The van der Waals surface area contributed by atoms with Gasteiger partial charge in [0.15, 0.2) is 5.82 Å². The van der Waals surface area contributed by atoms with E-state index in [1.165, 1.54) is 6.07 Å². The van der Waals surface area contributed by atoms with Gasteiger partial charge in [-0.05, 0) is 62.4 Å². The van der Waals surface area contributed by atoms with Crippen LogP contribution in [0, 0.1) is 23.6 Å². The molecule has 44 heavy (non-hydrogen) atoms. The fourth-order valence-electron chi connectivity index (χ4n) is 5.94. The Morgan fingerprint density at radius 2 is 1.86 bits per heavy atom. The van der Waals surface area contributed by atoms with Crippen LogP contribution in [0.1, 0.15) is 45.6 Å². The molecular weight excluding hydrogens is 567 g/mol. The summed E-state index contributed by atoms with van der Waals surface area (Å²) < 4.78 is 28.0. The average molecular weight is 613 g/mol. The molecule has 5 atom stereocenters. The lowest BCUT2D eigenvalue weighted by Crippen LogP contribution is -2.48. The number of carbonyl (C=O) groups is 3. The summed E-state index contributed by atoms with van der Waals surface area (Å²) in [4.78, 5) is 47.7. The van der Waals surface area contributed by atoms with Gasteiger partial charge < -0.3 is 28.9 Å². The van der Waals surface area contributed by atoms with Crippen molar-refractivity contribution >= 4 is 34.8 Å². The summed E-state index contributed by atoms with van der Waals surface area (Å²) in [7, 11) is 3.60. The number of hydrogen-bond acceptors (Lipinski definition) is 8. The third kappa shape index (κ3) is 8.19. The highest BCUT2D eigenvalue weighted by molar-refractivity contribution is 6.38. The van der Waals surface area contributed by atoms with E-state index in [-0.39, 0.29) is 23.9 Å². The van der Waals surface area contributed by atoms with Gasteiger partial charge in [0, 0.05) is 46.3 Å². The van der Waals surface area contributed by atoms with Crippen molar-refractivity contribution in [3.8, 4) is 0 Å².